The molecule has 102 valence electrons. The van der Waals surface area contributed by atoms with E-state index in [0.29, 0.717) is 6.54 Å². The number of benzene rings is 1. The molecule has 0 unspecified atom stereocenters. The molecule has 0 radical (unpaired) electrons. The molecule has 0 atom stereocenters. The molecular weight excluding hydrogens is 241 g/mol. The molecule has 0 saturated heterocycles. The van der Waals surface area contributed by atoms with E-state index in [1.165, 1.54) is 25.0 Å². The normalized spacial score (nSPS) is 27.8. The number of hydrogen-bond acceptors (Lipinski definition) is 2. The SMILES string of the molecule is CC1CCC(CN)(c2nc3ccc(F)cc3[nH]2)CC1. The van der Waals surface area contributed by atoms with E-state index in [4.69, 9.17) is 5.73 Å². The van der Waals surface area contributed by atoms with Crippen LogP contribution in [-0.4, -0.2) is 16.5 Å². The van der Waals surface area contributed by atoms with Crippen molar-refractivity contribution in [3.8, 4) is 0 Å². The van der Waals surface area contributed by atoms with Crippen LogP contribution in [0.5, 0.6) is 0 Å². The number of H-pyrrole nitrogens is 1. The Labute approximate surface area is 112 Å². The number of rotatable bonds is 2. The highest BCUT2D eigenvalue weighted by atomic mass is 19.1. The smallest absolute Gasteiger partial charge is 0.125 e. The van der Waals surface area contributed by atoms with Crippen molar-refractivity contribution >= 4 is 11.0 Å². The van der Waals surface area contributed by atoms with Gasteiger partial charge in [-0.15, -0.1) is 0 Å². The van der Waals surface area contributed by atoms with Crippen LogP contribution in [0.25, 0.3) is 11.0 Å². The summed E-state index contributed by atoms with van der Waals surface area (Å²) in [5, 5.41) is 0. The maximum atomic E-state index is 13.2. The van der Waals surface area contributed by atoms with E-state index >= 15 is 0 Å². The van der Waals surface area contributed by atoms with E-state index in [1.54, 1.807) is 6.07 Å². The highest BCUT2D eigenvalue weighted by molar-refractivity contribution is 5.75. The third-order valence-electron chi connectivity index (χ3n) is 4.57. The van der Waals surface area contributed by atoms with Gasteiger partial charge in [-0.25, -0.2) is 9.37 Å². The van der Waals surface area contributed by atoms with Gasteiger partial charge in [-0.3, -0.25) is 0 Å². The molecule has 0 amide bonds. The summed E-state index contributed by atoms with van der Waals surface area (Å²) in [5.41, 5.74) is 7.57. The van der Waals surface area contributed by atoms with Crippen LogP contribution in [0.3, 0.4) is 0 Å². The highest BCUT2D eigenvalue weighted by Crippen LogP contribution is 2.40. The summed E-state index contributed by atoms with van der Waals surface area (Å²) < 4.78 is 13.2. The lowest BCUT2D eigenvalue weighted by molar-refractivity contribution is 0.238. The molecule has 4 heteroatoms. The molecular formula is C15H20FN3. The van der Waals surface area contributed by atoms with Gasteiger partial charge in [0.05, 0.1) is 11.0 Å². The van der Waals surface area contributed by atoms with Gasteiger partial charge in [0.2, 0.25) is 0 Å². The molecule has 1 aromatic carbocycles. The maximum Gasteiger partial charge on any atom is 0.125 e. The fourth-order valence-electron chi connectivity index (χ4n) is 3.09. The van der Waals surface area contributed by atoms with E-state index in [1.807, 2.05) is 0 Å². The standard InChI is InChI=1S/C15H20FN3/c1-10-4-6-15(9-17,7-5-10)14-18-12-3-2-11(16)8-13(12)19-14/h2-3,8,10H,4-7,9,17H2,1H3,(H,18,19). The number of imidazole rings is 1. The average molecular weight is 261 g/mol. The Bertz CT molecular complexity index is 582. The van der Waals surface area contributed by atoms with Gasteiger partial charge < -0.3 is 10.7 Å². The summed E-state index contributed by atoms with van der Waals surface area (Å²) in [4.78, 5) is 7.92. The van der Waals surface area contributed by atoms with Crippen LogP contribution in [0.2, 0.25) is 0 Å². The van der Waals surface area contributed by atoms with Crippen molar-refractivity contribution in [3.63, 3.8) is 0 Å². The van der Waals surface area contributed by atoms with Crippen molar-refractivity contribution in [3.05, 3.63) is 29.8 Å². The van der Waals surface area contributed by atoms with E-state index < -0.39 is 0 Å². The predicted molar refractivity (Wildman–Crippen MR) is 74.4 cm³/mol. The molecule has 2 aromatic rings. The van der Waals surface area contributed by atoms with Crippen LogP contribution in [0.4, 0.5) is 4.39 Å². The first-order valence-electron chi connectivity index (χ1n) is 6.99. The van der Waals surface area contributed by atoms with Crippen LogP contribution in [0, 0.1) is 11.7 Å². The van der Waals surface area contributed by atoms with E-state index in [2.05, 4.69) is 16.9 Å². The van der Waals surface area contributed by atoms with Crippen molar-refractivity contribution < 1.29 is 4.39 Å². The number of aromatic amines is 1. The second-order valence-electron chi connectivity index (χ2n) is 5.91. The van der Waals surface area contributed by atoms with Crippen LogP contribution in [-0.2, 0) is 5.41 Å². The third-order valence-corrected chi connectivity index (χ3v) is 4.57. The zero-order valence-corrected chi connectivity index (χ0v) is 11.2. The summed E-state index contributed by atoms with van der Waals surface area (Å²) in [6.07, 6.45) is 4.49. The lowest BCUT2D eigenvalue weighted by Crippen LogP contribution is -2.39. The number of nitrogens with one attached hydrogen (secondary N) is 1. The van der Waals surface area contributed by atoms with Crippen molar-refractivity contribution in [2.75, 3.05) is 6.54 Å². The van der Waals surface area contributed by atoms with Crippen molar-refractivity contribution in [1.29, 1.82) is 0 Å². The number of aromatic nitrogens is 2. The number of fused-ring (bicyclic) bond motifs is 1. The fraction of sp³-hybridized carbons (Fsp3) is 0.533. The Balaban J connectivity index is 2.01. The van der Waals surface area contributed by atoms with Gasteiger partial charge in [-0.2, -0.15) is 0 Å². The van der Waals surface area contributed by atoms with E-state index in [9.17, 15) is 4.39 Å². The van der Waals surface area contributed by atoms with Crippen molar-refractivity contribution in [1.82, 2.24) is 9.97 Å². The number of nitrogens with two attached hydrogens (primary N) is 1. The zero-order valence-electron chi connectivity index (χ0n) is 11.2. The van der Waals surface area contributed by atoms with Gasteiger partial charge in [-0.05, 0) is 49.8 Å². The topological polar surface area (TPSA) is 54.7 Å². The van der Waals surface area contributed by atoms with Gasteiger partial charge >= 0.3 is 0 Å². The lowest BCUT2D eigenvalue weighted by atomic mass is 9.70. The summed E-state index contributed by atoms with van der Waals surface area (Å²) in [7, 11) is 0. The molecule has 3 N–H and O–H groups in total. The molecule has 0 spiro atoms. The minimum Gasteiger partial charge on any atom is -0.341 e. The first kappa shape index (κ1) is 12.6. The highest BCUT2D eigenvalue weighted by Gasteiger charge is 2.37. The molecule has 3 nitrogen and oxygen atoms in total. The predicted octanol–water partition coefficient (Wildman–Crippen LogP) is 3.11. The summed E-state index contributed by atoms with van der Waals surface area (Å²) in [6, 6.07) is 4.67. The summed E-state index contributed by atoms with van der Waals surface area (Å²) in [5.74, 6) is 1.46. The Morgan fingerprint density at radius 2 is 2.16 bits per heavy atom. The molecule has 1 heterocycles. The quantitative estimate of drug-likeness (QED) is 0.872. The maximum absolute atomic E-state index is 13.2. The first-order chi connectivity index (χ1) is 9.13. The molecule has 1 aromatic heterocycles. The van der Waals surface area contributed by atoms with Gasteiger partial charge in [-0.1, -0.05) is 6.92 Å². The monoisotopic (exact) mass is 261 g/mol. The molecule has 19 heavy (non-hydrogen) atoms. The summed E-state index contributed by atoms with van der Waals surface area (Å²) >= 11 is 0. The molecule has 0 aliphatic heterocycles. The minimum absolute atomic E-state index is 0.0536. The second kappa shape index (κ2) is 4.60. The van der Waals surface area contributed by atoms with E-state index in [-0.39, 0.29) is 11.2 Å². The number of halogens is 1. The zero-order chi connectivity index (χ0) is 13.5. The third kappa shape index (κ3) is 2.14. The van der Waals surface area contributed by atoms with Gasteiger partial charge in [0.1, 0.15) is 11.6 Å². The first-order valence-corrected chi connectivity index (χ1v) is 6.99. The van der Waals surface area contributed by atoms with Gasteiger partial charge in [0.15, 0.2) is 0 Å². The van der Waals surface area contributed by atoms with Gasteiger partial charge in [0.25, 0.3) is 0 Å². The fourth-order valence-corrected chi connectivity index (χ4v) is 3.09. The second-order valence-corrected chi connectivity index (χ2v) is 5.91. The van der Waals surface area contributed by atoms with Crippen LogP contribution >= 0.6 is 0 Å². The minimum atomic E-state index is -0.234. The van der Waals surface area contributed by atoms with Gasteiger partial charge in [0, 0.05) is 12.0 Å². The van der Waals surface area contributed by atoms with Crippen LogP contribution < -0.4 is 5.73 Å². The molecule has 1 fully saturated rings. The molecule has 1 aliphatic carbocycles. The number of hydrogen-bond donors (Lipinski definition) is 2. The Morgan fingerprint density at radius 3 is 2.84 bits per heavy atom. The molecule has 3 rings (SSSR count). The molecule has 0 bridgehead atoms. The van der Waals surface area contributed by atoms with Crippen LogP contribution in [0.15, 0.2) is 18.2 Å². The largest absolute Gasteiger partial charge is 0.341 e. The van der Waals surface area contributed by atoms with Crippen molar-refractivity contribution in [2.24, 2.45) is 11.7 Å². The van der Waals surface area contributed by atoms with Crippen molar-refractivity contribution in [2.45, 2.75) is 38.0 Å². The molecule has 1 saturated carbocycles. The molecule has 1 aliphatic rings. The lowest BCUT2D eigenvalue weighted by Gasteiger charge is -2.36. The number of nitrogens with zero attached hydrogens (tertiary/aromatic N) is 1. The average Bonchev–Trinajstić information content (AvgIpc) is 2.83. The Hall–Kier alpha value is -1.42. The van der Waals surface area contributed by atoms with Crippen LogP contribution in [0.1, 0.15) is 38.4 Å². The Morgan fingerprint density at radius 1 is 1.42 bits per heavy atom. The van der Waals surface area contributed by atoms with E-state index in [0.717, 1.165) is 35.6 Å². The Kier molecular flexibility index (Phi) is 3.05. The summed E-state index contributed by atoms with van der Waals surface area (Å²) in [6.45, 7) is 2.89.